The number of hydrogen-bond acceptors (Lipinski definition) is 4. The minimum atomic E-state index is -1.12. The van der Waals surface area contributed by atoms with Crippen molar-refractivity contribution in [1.82, 2.24) is 9.97 Å². The summed E-state index contributed by atoms with van der Waals surface area (Å²) in [6, 6.07) is 17.9. The van der Waals surface area contributed by atoms with Crippen LogP contribution < -0.4 is 4.74 Å². The molecule has 1 N–H and O–H groups in total. The summed E-state index contributed by atoms with van der Waals surface area (Å²) in [6.45, 7) is 8.52. The number of aromatic carboxylic acids is 1. The van der Waals surface area contributed by atoms with Gasteiger partial charge >= 0.3 is 5.97 Å². The van der Waals surface area contributed by atoms with E-state index in [4.69, 9.17) is 4.74 Å². The van der Waals surface area contributed by atoms with Gasteiger partial charge in [-0.15, -0.1) is 0 Å². The highest BCUT2D eigenvalue weighted by atomic mass is 16.5. The lowest BCUT2D eigenvalue weighted by Crippen LogP contribution is -2.13. The normalized spacial score (nSPS) is 11.3. The van der Waals surface area contributed by atoms with Gasteiger partial charge in [0, 0.05) is 6.42 Å². The van der Waals surface area contributed by atoms with Crippen molar-refractivity contribution in [3.63, 3.8) is 0 Å². The van der Waals surface area contributed by atoms with Gasteiger partial charge in [0.25, 0.3) is 0 Å². The average Bonchev–Trinajstić information content (AvgIpc) is 2.67. The molecule has 0 fully saturated rings. The molecule has 0 amide bonds. The molecule has 0 aliphatic heterocycles. The fraction of sp³-hybridized carbons (Fsp3) is 0.292. The predicted molar refractivity (Wildman–Crippen MR) is 112 cm³/mol. The Morgan fingerprint density at radius 1 is 0.966 bits per heavy atom. The molecule has 150 valence electrons. The molecule has 5 heteroatoms. The molecule has 1 heterocycles. The van der Waals surface area contributed by atoms with E-state index in [0.717, 1.165) is 11.1 Å². The Labute approximate surface area is 171 Å². The lowest BCUT2D eigenvalue weighted by atomic mass is 9.86. The number of nitrogens with zero attached hydrogens (tertiary/aromatic N) is 2. The second-order valence-corrected chi connectivity index (χ2v) is 8.11. The number of aromatic nitrogens is 2. The maximum Gasteiger partial charge on any atom is 0.358 e. The van der Waals surface area contributed by atoms with Crippen LogP contribution in [-0.4, -0.2) is 21.0 Å². The number of carboxylic acid groups (broad SMARTS) is 1. The van der Waals surface area contributed by atoms with Gasteiger partial charge in [0.05, 0.1) is 5.69 Å². The summed E-state index contributed by atoms with van der Waals surface area (Å²) in [7, 11) is 0. The van der Waals surface area contributed by atoms with Crippen molar-refractivity contribution in [2.75, 3.05) is 0 Å². The van der Waals surface area contributed by atoms with E-state index in [1.807, 2.05) is 42.5 Å². The van der Waals surface area contributed by atoms with Crippen molar-refractivity contribution in [1.29, 1.82) is 0 Å². The molecule has 0 radical (unpaired) electrons. The predicted octanol–water partition coefficient (Wildman–Crippen LogP) is 4.95. The van der Waals surface area contributed by atoms with Gasteiger partial charge in [-0.2, -0.15) is 0 Å². The first-order valence-electron chi connectivity index (χ1n) is 9.61. The maximum absolute atomic E-state index is 11.8. The Bertz CT molecular complexity index is 991. The minimum Gasteiger partial charge on any atom is -0.484 e. The summed E-state index contributed by atoms with van der Waals surface area (Å²) < 4.78 is 5.77. The van der Waals surface area contributed by atoms with Gasteiger partial charge in [-0.25, -0.2) is 14.8 Å². The molecule has 0 bridgehead atoms. The molecule has 0 saturated carbocycles. The van der Waals surface area contributed by atoms with Gasteiger partial charge < -0.3 is 9.84 Å². The van der Waals surface area contributed by atoms with E-state index < -0.39 is 5.97 Å². The summed E-state index contributed by atoms with van der Waals surface area (Å²) in [5.41, 5.74) is 3.73. The molecule has 2 aromatic carbocycles. The Hall–Kier alpha value is -3.21. The van der Waals surface area contributed by atoms with E-state index in [1.165, 1.54) is 5.56 Å². The lowest BCUT2D eigenvalue weighted by Gasteiger charge is -2.19. The zero-order chi connectivity index (χ0) is 21.0. The highest BCUT2D eigenvalue weighted by Gasteiger charge is 2.20. The van der Waals surface area contributed by atoms with E-state index in [2.05, 4.69) is 42.9 Å². The Kier molecular flexibility index (Phi) is 5.97. The molecule has 0 aliphatic rings. The number of carbonyl (C=O) groups is 1. The molecule has 0 spiro atoms. The Balaban J connectivity index is 1.83. The largest absolute Gasteiger partial charge is 0.484 e. The topological polar surface area (TPSA) is 72.3 Å². The average molecular weight is 390 g/mol. The second-order valence-electron chi connectivity index (χ2n) is 8.11. The standard InChI is InChI=1S/C24H26N2O3/c1-16-22(29-15-18-8-6-5-7-9-18)21(23(27)28)26-20(25-16)14-17-10-12-19(13-11-17)24(2,3)4/h5-13H,14-15H2,1-4H3,(H,27,28). The van der Waals surface area contributed by atoms with Crippen molar-refractivity contribution in [2.45, 2.75) is 46.1 Å². The van der Waals surface area contributed by atoms with Gasteiger partial charge in [-0.05, 0) is 29.0 Å². The third-order valence-corrected chi connectivity index (χ3v) is 4.69. The minimum absolute atomic E-state index is 0.0832. The zero-order valence-corrected chi connectivity index (χ0v) is 17.3. The fourth-order valence-corrected chi connectivity index (χ4v) is 3.05. The van der Waals surface area contributed by atoms with Crippen LogP contribution in [-0.2, 0) is 18.4 Å². The van der Waals surface area contributed by atoms with Crippen LogP contribution >= 0.6 is 0 Å². The van der Waals surface area contributed by atoms with Gasteiger partial charge in [0.15, 0.2) is 11.4 Å². The van der Waals surface area contributed by atoms with Crippen LogP contribution in [0.5, 0.6) is 5.75 Å². The van der Waals surface area contributed by atoms with Gasteiger partial charge in [0.1, 0.15) is 12.4 Å². The molecule has 0 saturated heterocycles. The van der Waals surface area contributed by atoms with E-state index in [-0.39, 0.29) is 23.5 Å². The molecule has 0 aliphatic carbocycles. The Morgan fingerprint density at radius 2 is 1.62 bits per heavy atom. The first-order valence-corrected chi connectivity index (χ1v) is 9.61. The summed E-state index contributed by atoms with van der Waals surface area (Å²) in [5, 5.41) is 9.63. The fourth-order valence-electron chi connectivity index (χ4n) is 3.05. The van der Waals surface area contributed by atoms with Crippen molar-refractivity contribution >= 4 is 5.97 Å². The first-order chi connectivity index (χ1) is 13.7. The van der Waals surface area contributed by atoms with Crippen molar-refractivity contribution in [3.05, 3.63) is 88.5 Å². The monoisotopic (exact) mass is 390 g/mol. The van der Waals surface area contributed by atoms with Crippen molar-refractivity contribution in [3.8, 4) is 5.75 Å². The summed E-state index contributed by atoms with van der Waals surface area (Å²) in [6.07, 6.45) is 0.463. The molecule has 0 unspecified atom stereocenters. The van der Waals surface area contributed by atoms with Crippen molar-refractivity contribution < 1.29 is 14.6 Å². The van der Waals surface area contributed by atoms with Gasteiger partial charge in [0.2, 0.25) is 0 Å². The number of ether oxygens (including phenoxy) is 1. The van der Waals surface area contributed by atoms with Crippen LogP contribution in [0.15, 0.2) is 54.6 Å². The highest BCUT2D eigenvalue weighted by molar-refractivity contribution is 5.88. The van der Waals surface area contributed by atoms with Crippen LogP contribution in [0.25, 0.3) is 0 Å². The molecule has 1 aromatic heterocycles. The number of carboxylic acids is 1. The van der Waals surface area contributed by atoms with Crippen molar-refractivity contribution in [2.24, 2.45) is 0 Å². The quantitative estimate of drug-likeness (QED) is 0.645. The summed E-state index contributed by atoms with van der Waals surface area (Å²) in [4.78, 5) is 20.5. The highest BCUT2D eigenvalue weighted by Crippen LogP contribution is 2.25. The van der Waals surface area contributed by atoms with E-state index in [9.17, 15) is 9.90 Å². The smallest absolute Gasteiger partial charge is 0.358 e. The maximum atomic E-state index is 11.8. The third kappa shape index (κ3) is 5.19. The number of aryl methyl sites for hydroxylation is 1. The number of benzene rings is 2. The molecule has 3 aromatic rings. The van der Waals surface area contributed by atoms with E-state index in [0.29, 0.717) is 17.9 Å². The van der Waals surface area contributed by atoms with Crippen LogP contribution in [0.4, 0.5) is 0 Å². The number of rotatable bonds is 6. The van der Waals surface area contributed by atoms with Crippen LogP contribution in [0.3, 0.4) is 0 Å². The molecule has 5 nitrogen and oxygen atoms in total. The molecule has 29 heavy (non-hydrogen) atoms. The third-order valence-electron chi connectivity index (χ3n) is 4.69. The molecule has 0 atom stereocenters. The van der Waals surface area contributed by atoms with Crippen LogP contribution in [0.1, 0.15) is 59.5 Å². The SMILES string of the molecule is Cc1nc(Cc2ccc(C(C)(C)C)cc2)nc(C(=O)O)c1OCc1ccccc1. The van der Waals surface area contributed by atoms with Gasteiger partial charge in [-0.3, -0.25) is 0 Å². The number of hydrogen-bond donors (Lipinski definition) is 1. The molecular weight excluding hydrogens is 364 g/mol. The first kappa shape index (κ1) is 20.5. The van der Waals surface area contributed by atoms with Crippen LogP contribution in [0, 0.1) is 6.92 Å². The van der Waals surface area contributed by atoms with Gasteiger partial charge in [-0.1, -0.05) is 75.4 Å². The van der Waals surface area contributed by atoms with E-state index in [1.54, 1.807) is 6.92 Å². The van der Waals surface area contributed by atoms with Crippen LogP contribution in [0.2, 0.25) is 0 Å². The lowest BCUT2D eigenvalue weighted by molar-refractivity contribution is 0.0683. The molecular formula is C24H26N2O3. The van der Waals surface area contributed by atoms with E-state index >= 15 is 0 Å². The zero-order valence-electron chi connectivity index (χ0n) is 17.3. The summed E-state index contributed by atoms with van der Waals surface area (Å²) in [5.74, 6) is -0.438. The summed E-state index contributed by atoms with van der Waals surface area (Å²) >= 11 is 0. The second kappa shape index (κ2) is 8.43. The molecule has 3 rings (SSSR count). The Morgan fingerprint density at radius 3 is 2.21 bits per heavy atom.